The highest BCUT2D eigenvalue weighted by atomic mass is 16.4. The molecule has 0 unspecified atom stereocenters. The molecular weight excluding hydrogens is 136 g/mol. The van der Waals surface area contributed by atoms with E-state index >= 15 is 0 Å². The van der Waals surface area contributed by atoms with Gasteiger partial charge in [-0.05, 0) is 0 Å². The molecule has 0 aliphatic rings. The molecule has 0 aromatic carbocycles. The van der Waals surface area contributed by atoms with E-state index in [1.807, 2.05) is 0 Å². The molecule has 0 spiro atoms. The summed E-state index contributed by atoms with van der Waals surface area (Å²) in [6.45, 7) is 0. The molecule has 0 fully saturated rings. The zero-order chi connectivity index (χ0) is 7.56. The highest BCUT2D eigenvalue weighted by Crippen LogP contribution is 2.01. The van der Waals surface area contributed by atoms with Crippen LogP contribution in [-0.2, 0) is 5.11 Å². The molecular formula is C5H3N2O3. The number of carboxylic acid groups (broad SMARTS) is 1. The number of nitrogens with zero attached hydrogens (tertiary/aromatic N) is 2. The van der Waals surface area contributed by atoms with Crippen LogP contribution >= 0.6 is 0 Å². The van der Waals surface area contributed by atoms with E-state index in [4.69, 9.17) is 5.11 Å². The molecule has 5 nitrogen and oxygen atoms in total. The average Bonchev–Trinajstić information content (AvgIpc) is 1.88. The Hall–Kier alpha value is -1.65. The van der Waals surface area contributed by atoms with Gasteiger partial charge in [-0.25, -0.2) is 4.79 Å². The van der Waals surface area contributed by atoms with Crippen molar-refractivity contribution in [1.82, 2.24) is 9.97 Å². The summed E-state index contributed by atoms with van der Waals surface area (Å²) in [6, 6.07) is 0. The van der Waals surface area contributed by atoms with Gasteiger partial charge in [0.2, 0.25) is 0 Å². The third-order valence-electron chi connectivity index (χ3n) is 0.832. The Balaban J connectivity index is 3.07. The van der Waals surface area contributed by atoms with Gasteiger partial charge in [-0.2, -0.15) is 4.98 Å². The molecule has 51 valence electrons. The van der Waals surface area contributed by atoms with Crippen LogP contribution in [0.3, 0.4) is 0 Å². The molecule has 10 heavy (non-hydrogen) atoms. The lowest BCUT2D eigenvalue weighted by Crippen LogP contribution is -1.99. The van der Waals surface area contributed by atoms with E-state index in [0.29, 0.717) is 0 Å². The van der Waals surface area contributed by atoms with Gasteiger partial charge in [0.1, 0.15) is 0 Å². The Morgan fingerprint density at radius 2 is 2.20 bits per heavy atom. The Morgan fingerprint density at radius 3 is 2.60 bits per heavy atom. The second-order valence-corrected chi connectivity index (χ2v) is 1.55. The summed E-state index contributed by atoms with van der Waals surface area (Å²) in [4.78, 5) is 16.6. The van der Waals surface area contributed by atoms with Crippen LogP contribution < -0.4 is 0 Å². The third kappa shape index (κ3) is 1.19. The number of aromatic nitrogens is 2. The van der Waals surface area contributed by atoms with Crippen molar-refractivity contribution in [2.24, 2.45) is 0 Å². The van der Waals surface area contributed by atoms with Crippen molar-refractivity contribution >= 4 is 5.97 Å². The van der Waals surface area contributed by atoms with Crippen molar-refractivity contribution in [3.63, 3.8) is 0 Å². The number of hydrogen-bond donors (Lipinski definition) is 1. The molecule has 1 aromatic rings. The lowest BCUT2D eigenvalue weighted by Gasteiger charge is -1.88. The fourth-order valence-corrected chi connectivity index (χ4v) is 0.451. The second kappa shape index (κ2) is 2.30. The molecule has 0 atom stereocenters. The number of carboxylic acids is 1. The maximum atomic E-state index is 10.4. The second-order valence-electron chi connectivity index (χ2n) is 1.55. The molecule has 5 heteroatoms. The van der Waals surface area contributed by atoms with Crippen LogP contribution in [0.2, 0.25) is 0 Å². The van der Waals surface area contributed by atoms with E-state index in [-0.39, 0.29) is 5.69 Å². The molecule has 1 N–H and O–H groups in total. The standard InChI is InChI=1S/C5H3N2O3/c8-4-2-6-1-3(7-4)5(9)10/h1-2H,(H,9,10). The van der Waals surface area contributed by atoms with Crippen molar-refractivity contribution in [1.29, 1.82) is 0 Å². The van der Waals surface area contributed by atoms with Gasteiger partial charge in [0.15, 0.2) is 5.69 Å². The van der Waals surface area contributed by atoms with Gasteiger partial charge in [-0.15, -0.1) is 0 Å². The summed E-state index contributed by atoms with van der Waals surface area (Å²) in [5, 5.41) is 18.6. The first-order valence-electron chi connectivity index (χ1n) is 2.42. The minimum absolute atomic E-state index is 0.326. The van der Waals surface area contributed by atoms with Crippen LogP contribution in [-0.4, -0.2) is 21.0 Å². The Labute approximate surface area is 56.0 Å². The van der Waals surface area contributed by atoms with Gasteiger partial charge in [-0.3, -0.25) is 10.1 Å². The van der Waals surface area contributed by atoms with Crippen LogP contribution in [0.25, 0.3) is 0 Å². The van der Waals surface area contributed by atoms with E-state index in [2.05, 4.69) is 9.97 Å². The first-order valence-corrected chi connectivity index (χ1v) is 2.42. The minimum Gasteiger partial charge on any atom is -0.476 e. The number of carbonyl (C=O) groups is 1. The Bertz CT molecular complexity index is 261. The predicted octanol–water partition coefficient (Wildman–Crippen LogP) is 0.319. The maximum Gasteiger partial charge on any atom is 0.356 e. The molecule has 1 rings (SSSR count). The Morgan fingerprint density at radius 1 is 1.50 bits per heavy atom. The van der Waals surface area contributed by atoms with E-state index < -0.39 is 11.8 Å². The number of hydrogen-bond acceptors (Lipinski definition) is 3. The zero-order valence-corrected chi connectivity index (χ0v) is 4.81. The minimum atomic E-state index is -1.25. The van der Waals surface area contributed by atoms with Gasteiger partial charge >= 0.3 is 5.97 Å². The summed E-state index contributed by atoms with van der Waals surface area (Å²) in [5.41, 5.74) is -0.326. The Kier molecular flexibility index (Phi) is 1.49. The quantitative estimate of drug-likeness (QED) is 0.607. The monoisotopic (exact) mass is 139 g/mol. The van der Waals surface area contributed by atoms with E-state index in [1.165, 1.54) is 0 Å². The first kappa shape index (κ1) is 6.47. The van der Waals surface area contributed by atoms with Gasteiger partial charge in [0, 0.05) is 0 Å². The molecule has 0 amide bonds. The van der Waals surface area contributed by atoms with Gasteiger partial charge in [-0.1, -0.05) is 0 Å². The van der Waals surface area contributed by atoms with Gasteiger partial charge < -0.3 is 5.11 Å². The van der Waals surface area contributed by atoms with Crippen LogP contribution in [0.1, 0.15) is 10.5 Å². The molecule has 1 radical (unpaired) electrons. The van der Waals surface area contributed by atoms with Crippen LogP contribution in [0.15, 0.2) is 12.4 Å². The highest BCUT2D eigenvalue weighted by Gasteiger charge is 2.04. The number of rotatable bonds is 1. The van der Waals surface area contributed by atoms with E-state index in [1.54, 1.807) is 0 Å². The van der Waals surface area contributed by atoms with Crippen molar-refractivity contribution in [3.8, 4) is 5.88 Å². The smallest absolute Gasteiger partial charge is 0.356 e. The first-order chi connectivity index (χ1) is 4.70. The fraction of sp³-hybridized carbons (Fsp3) is 0. The summed E-state index contributed by atoms with van der Waals surface area (Å²) in [5.74, 6) is -1.88. The predicted molar refractivity (Wildman–Crippen MR) is 29.1 cm³/mol. The van der Waals surface area contributed by atoms with E-state index in [9.17, 15) is 9.90 Å². The van der Waals surface area contributed by atoms with E-state index in [0.717, 1.165) is 12.4 Å². The highest BCUT2D eigenvalue weighted by molar-refractivity contribution is 5.84. The molecule has 0 bridgehead atoms. The number of aromatic carboxylic acids is 1. The molecule has 0 saturated carbocycles. The molecule has 0 aliphatic carbocycles. The topological polar surface area (TPSA) is 83.0 Å². The lowest BCUT2D eigenvalue weighted by molar-refractivity contribution is 0.0688. The summed E-state index contributed by atoms with van der Waals surface area (Å²) in [6.07, 6.45) is 1.97. The maximum absolute atomic E-state index is 10.4. The SMILES string of the molecule is [O]c1cncc(C(=O)O)n1. The summed E-state index contributed by atoms with van der Waals surface area (Å²) >= 11 is 0. The molecule has 1 heterocycles. The largest absolute Gasteiger partial charge is 0.476 e. The van der Waals surface area contributed by atoms with Crippen LogP contribution in [0, 0.1) is 0 Å². The zero-order valence-electron chi connectivity index (χ0n) is 4.81. The van der Waals surface area contributed by atoms with Gasteiger partial charge in [0.05, 0.1) is 12.4 Å². The van der Waals surface area contributed by atoms with Crippen molar-refractivity contribution in [2.45, 2.75) is 0 Å². The lowest BCUT2D eigenvalue weighted by atomic mass is 10.5. The van der Waals surface area contributed by atoms with Gasteiger partial charge in [0.25, 0.3) is 5.88 Å². The van der Waals surface area contributed by atoms with Crippen molar-refractivity contribution in [3.05, 3.63) is 18.1 Å². The van der Waals surface area contributed by atoms with Crippen molar-refractivity contribution in [2.75, 3.05) is 0 Å². The molecule has 0 saturated heterocycles. The summed E-state index contributed by atoms with van der Waals surface area (Å²) in [7, 11) is 0. The summed E-state index contributed by atoms with van der Waals surface area (Å²) < 4.78 is 0. The molecule has 1 aromatic heterocycles. The average molecular weight is 139 g/mol. The normalized spacial score (nSPS) is 9.20. The third-order valence-corrected chi connectivity index (χ3v) is 0.832. The van der Waals surface area contributed by atoms with Crippen molar-refractivity contribution < 1.29 is 15.0 Å². The van der Waals surface area contributed by atoms with Crippen LogP contribution in [0.4, 0.5) is 0 Å². The fourth-order valence-electron chi connectivity index (χ4n) is 0.451. The molecule has 0 aliphatic heterocycles. The van der Waals surface area contributed by atoms with Crippen LogP contribution in [0.5, 0.6) is 5.88 Å².